The second-order valence-electron chi connectivity index (χ2n) is 9.16. The Morgan fingerprint density at radius 2 is 1.65 bits per heavy atom. The van der Waals surface area contributed by atoms with Crippen LogP contribution in [0.15, 0.2) is 59.0 Å². The Bertz CT molecular complexity index is 1440. The summed E-state index contributed by atoms with van der Waals surface area (Å²) >= 11 is 0. The van der Waals surface area contributed by atoms with Gasteiger partial charge in [-0.25, -0.2) is 0 Å². The van der Waals surface area contributed by atoms with E-state index in [2.05, 4.69) is 11.8 Å². The number of halogens is 3. The summed E-state index contributed by atoms with van der Waals surface area (Å²) in [6, 6.07) is 15.0. The molecule has 5 nitrogen and oxygen atoms in total. The fourth-order valence-corrected chi connectivity index (χ4v) is 5.08. The minimum atomic E-state index is -4.43. The van der Waals surface area contributed by atoms with E-state index in [1.54, 1.807) is 33.5 Å². The predicted octanol–water partition coefficient (Wildman–Crippen LogP) is 7.26. The lowest BCUT2D eigenvalue weighted by molar-refractivity contribution is -0.137. The molecule has 0 fully saturated rings. The van der Waals surface area contributed by atoms with E-state index in [-0.39, 0.29) is 6.04 Å². The molecule has 1 atom stereocenters. The van der Waals surface area contributed by atoms with Crippen molar-refractivity contribution in [3.8, 4) is 28.6 Å². The third-order valence-corrected chi connectivity index (χ3v) is 7.12. The molecule has 1 aromatic heterocycles. The topological polar surface area (TPSA) is 44.1 Å². The van der Waals surface area contributed by atoms with E-state index >= 15 is 0 Å². The van der Waals surface area contributed by atoms with Crippen LogP contribution in [-0.4, -0.2) is 32.8 Å². The minimum Gasteiger partial charge on any atom is -0.493 e. The summed E-state index contributed by atoms with van der Waals surface area (Å²) < 4.78 is 62.4. The first-order chi connectivity index (χ1) is 17.7. The molecule has 2 heterocycles. The third kappa shape index (κ3) is 4.62. The molecule has 37 heavy (non-hydrogen) atoms. The number of nitrogens with zero attached hydrogens (tertiary/aromatic N) is 1. The number of furan rings is 1. The summed E-state index contributed by atoms with van der Waals surface area (Å²) in [6.45, 7) is 3.64. The molecule has 1 aliphatic heterocycles. The molecule has 3 aromatic carbocycles. The van der Waals surface area contributed by atoms with Gasteiger partial charge in [0.1, 0.15) is 5.76 Å². The molecule has 0 saturated carbocycles. The normalized spacial score (nSPS) is 16.0. The van der Waals surface area contributed by atoms with Crippen LogP contribution in [0.5, 0.6) is 17.2 Å². The maximum Gasteiger partial charge on any atom is 0.416 e. The molecule has 4 aromatic rings. The largest absolute Gasteiger partial charge is 0.493 e. The van der Waals surface area contributed by atoms with E-state index in [0.717, 1.165) is 41.8 Å². The lowest BCUT2D eigenvalue weighted by atomic mass is 9.92. The number of fused-ring (bicyclic) bond motifs is 2. The summed E-state index contributed by atoms with van der Waals surface area (Å²) in [7, 11) is 4.81. The van der Waals surface area contributed by atoms with Crippen LogP contribution in [0.1, 0.15) is 35.2 Å². The van der Waals surface area contributed by atoms with Crippen molar-refractivity contribution in [1.82, 2.24) is 4.90 Å². The van der Waals surface area contributed by atoms with Crippen LogP contribution in [0.4, 0.5) is 13.2 Å². The van der Waals surface area contributed by atoms with E-state index in [9.17, 15) is 13.2 Å². The van der Waals surface area contributed by atoms with E-state index in [1.165, 1.54) is 17.2 Å². The quantitative estimate of drug-likeness (QED) is 0.273. The second-order valence-corrected chi connectivity index (χ2v) is 9.16. The third-order valence-electron chi connectivity index (χ3n) is 7.12. The molecule has 5 rings (SSSR count). The SMILES string of the molecule is COc1cc2c(cc1OC)C(C)N(Cc1ccc(OC)c3oc(-c4cccc(C(F)(F)F)c4)cc13)CC2. The van der Waals surface area contributed by atoms with Crippen LogP contribution < -0.4 is 14.2 Å². The van der Waals surface area contributed by atoms with Crippen molar-refractivity contribution in [3.63, 3.8) is 0 Å². The average Bonchev–Trinajstić information content (AvgIpc) is 3.35. The van der Waals surface area contributed by atoms with Crippen molar-refractivity contribution in [1.29, 1.82) is 0 Å². The highest BCUT2D eigenvalue weighted by molar-refractivity contribution is 5.90. The molecule has 0 aliphatic carbocycles. The Morgan fingerprint density at radius 3 is 2.35 bits per heavy atom. The number of ether oxygens (including phenoxy) is 3. The molecule has 0 bridgehead atoms. The first-order valence-electron chi connectivity index (χ1n) is 12.0. The zero-order valence-electron chi connectivity index (χ0n) is 21.1. The van der Waals surface area contributed by atoms with Crippen molar-refractivity contribution in [2.45, 2.75) is 32.1 Å². The fraction of sp³-hybridized carbons (Fsp3) is 0.310. The molecule has 0 saturated heterocycles. The van der Waals surface area contributed by atoms with Crippen LogP contribution in [0.2, 0.25) is 0 Å². The predicted molar refractivity (Wildman–Crippen MR) is 135 cm³/mol. The van der Waals surface area contributed by atoms with Gasteiger partial charge in [0.2, 0.25) is 0 Å². The van der Waals surface area contributed by atoms with E-state index < -0.39 is 11.7 Å². The van der Waals surface area contributed by atoms with Crippen LogP contribution in [0.25, 0.3) is 22.3 Å². The summed E-state index contributed by atoms with van der Waals surface area (Å²) in [4.78, 5) is 2.37. The maximum absolute atomic E-state index is 13.3. The highest BCUT2D eigenvalue weighted by atomic mass is 19.4. The minimum absolute atomic E-state index is 0.121. The number of hydrogen-bond acceptors (Lipinski definition) is 5. The molecular weight excluding hydrogens is 483 g/mol. The van der Waals surface area contributed by atoms with Crippen LogP contribution in [0.3, 0.4) is 0 Å². The maximum atomic E-state index is 13.3. The number of methoxy groups -OCH3 is 3. The van der Waals surface area contributed by atoms with Gasteiger partial charge in [0.15, 0.2) is 22.8 Å². The molecule has 194 valence electrons. The van der Waals surface area contributed by atoms with Crippen molar-refractivity contribution in [2.75, 3.05) is 27.9 Å². The molecule has 8 heteroatoms. The molecule has 0 spiro atoms. The Kier molecular flexibility index (Phi) is 6.54. The Hall–Kier alpha value is -3.65. The van der Waals surface area contributed by atoms with Crippen LogP contribution >= 0.6 is 0 Å². The summed E-state index contributed by atoms with van der Waals surface area (Å²) in [5, 5.41) is 0.817. The highest BCUT2D eigenvalue weighted by Gasteiger charge is 2.31. The molecule has 0 amide bonds. The van der Waals surface area contributed by atoms with Crippen LogP contribution in [-0.2, 0) is 19.1 Å². The standard InChI is InChI=1S/C29H28F3NO4/c1-17-22-14-27(36-4)26(35-3)13-18(22)10-11-33(17)16-20-8-9-24(34-2)28-23(20)15-25(37-28)19-6-5-7-21(12-19)29(30,31)32/h5-9,12-15,17H,10-11,16H2,1-4H3. The second kappa shape index (κ2) is 9.67. The Morgan fingerprint density at radius 1 is 0.919 bits per heavy atom. The number of hydrogen-bond donors (Lipinski definition) is 0. The van der Waals surface area contributed by atoms with E-state index in [0.29, 0.717) is 35.0 Å². The van der Waals surface area contributed by atoms with E-state index in [4.69, 9.17) is 18.6 Å². The molecule has 0 radical (unpaired) electrons. The number of benzene rings is 3. The Labute approximate surface area is 213 Å². The Balaban J connectivity index is 1.51. The first kappa shape index (κ1) is 25.0. The highest BCUT2D eigenvalue weighted by Crippen LogP contribution is 2.41. The molecule has 0 N–H and O–H groups in total. The van der Waals surface area contributed by atoms with Crippen molar-refractivity contribution >= 4 is 11.0 Å². The zero-order valence-corrected chi connectivity index (χ0v) is 21.1. The lowest BCUT2D eigenvalue weighted by Gasteiger charge is -2.36. The molecular formula is C29H28F3NO4. The molecule has 1 unspecified atom stereocenters. The van der Waals surface area contributed by atoms with Gasteiger partial charge in [-0.05, 0) is 66.4 Å². The van der Waals surface area contributed by atoms with Gasteiger partial charge in [0.05, 0.1) is 26.9 Å². The lowest BCUT2D eigenvalue weighted by Crippen LogP contribution is -2.33. The monoisotopic (exact) mass is 511 g/mol. The van der Waals surface area contributed by atoms with Gasteiger partial charge in [-0.1, -0.05) is 18.2 Å². The van der Waals surface area contributed by atoms with Gasteiger partial charge in [0, 0.05) is 30.1 Å². The average molecular weight is 512 g/mol. The van der Waals surface area contributed by atoms with Crippen molar-refractivity contribution in [3.05, 3.63) is 76.9 Å². The smallest absolute Gasteiger partial charge is 0.416 e. The first-order valence-corrected chi connectivity index (χ1v) is 12.0. The summed E-state index contributed by atoms with van der Waals surface area (Å²) in [5.74, 6) is 2.31. The zero-order chi connectivity index (χ0) is 26.3. The van der Waals surface area contributed by atoms with Gasteiger partial charge in [-0.2, -0.15) is 13.2 Å². The number of rotatable bonds is 6. The summed E-state index contributed by atoms with van der Waals surface area (Å²) in [5.41, 5.74) is 3.59. The summed E-state index contributed by atoms with van der Waals surface area (Å²) in [6.07, 6.45) is -3.57. The van der Waals surface area contributed by atoms with Gasteiger partial charge in [-0.15, -0.1) is 0 Å². The van der Waals surface area contributed by atoms with Gasteiger partial charge >= 0.3 is 6.18 Å². The van der Waals surface area contributed by atoms with Gasteiger partial charge < -0.3 is 18.6 Å². The van der Waals surface area contributed by atoms with Gasteiger partial charge in [0.25, 0.3) is 0 Å². The van der Waals surface area contributed by atoms with Crippen molar-refractivity contribution in [2.24, 2.45) is 0 Å². The van der Waals surface area contributed by atoms with Crippen molar-refractivity contribution < 1.29 is 31.8 Å². The molecule has 1 aliphatic rings. The van der Waals surface area contributed by atoms with Gasteiger partial charge in [-0.3, -0.25) is 4.90 Å². The van der Waals surface area contributed by atoms with E-state index in [1.807, 2.05) is 24.3 Å². The number of alkyl halides is 3. The van der Waals surface area contributed by atoms with Crippen LogP contribution in [0, 0.1) is 0 Å². The fourth-order valence-electron chi connectivity index (χ4n) is 5.08.